The minimum Gasteiger partial charge on any atom is -0.342 e. The summed E-state index contributed by atoms with van der Waals surface area (Å²) in [7, 11) is 0. The number of hydrogen-bond donors (Lipinski definition) is 1. The van der Waals surface area contributed by atoms with Crippen LogP contribution in [0.5, 0.6) is 0 Å². The zero-order chi connectivity index (χ0) is 16.4. The Balaban J connectivity index is 1.80. The topological polar surface area (TPSA) is 44.8 Å². The lowest BCUT2D eigenvalue weighted by Gasteiger charge is -2.25. The summed E-state index contributed by atoms with van der Waals surface area (Å²) in [6.45, 7) is 2.04. The van der Waals surface area contributed by atoms with Gasteiger partial charge in [-0.1, -0.05) is 0 Å². The molecule has 4 rings (SSSR count). The molecular weight excluding hydrogens is 303 g/mol. The van der Waals surface area contributed by atoms with Crippen molar-refractivity contribution in [3.8, 4) is 22.5 Å². The largest absolute Gasteiger partial charge is 0.342 e. The maximum absolute atomic E-state index is 13.3. The summed E-state index contributed by atoms with van der Waals surface area (Å²) in [5, 5.41) is 0. The molecule has 24 heavy (non-hydrogen) atoms. The van der Waals surface area contributed by atoms with E-state index in [2.05, 4.69) is 14.9 Å². The SMILES string of the molecule is Fc1ccc(-c2[nH]c(N3CCCCC3)nc2-c2ccncc2)cc1. The monoisotopic (exact) mass is 322 g/mol. The third kappa shape index (κ3) is 2.89. The number of halogens is 1. The molecule has 0 amide bonds. The highest BCUT2D eigenvalue weighted by atomic mass is 19.1. The molecule has 0 atom stereocenters. The van der Waals surface area contributed by atoms with Crippen LogP contribution in [0.15, 0.2) is 48.8 Å². The van der Waals surface area contributed by atoms with Gasteiger partial charge in [-0.2, -0.15) is 0 Å². The third-order valence-electron chi connectivity index (χ3n) is 4.43. The predicted octanol–water partition coefficient (Wildman–Crippen LogP) is 4.27. The molecule has 1 aliphatic rings. The van der Waals surface area contributed by atoms with Crippen LogP contribution in [0.25, 0.3) is 22.5 Å². The Morgan fingerprint density at radius 2 is 1.58 bits per heavy atom. The first-order chi connectivity index (χ1) is 11.8. The highest BCUT2D eigenvalue weighted by molar-refractivity contribution is 5.79. The molecule has 1 N–H and O–H groups in total. The van der Waals surface area contributed by atoms with Crippen LogP contribution in [0.3, 0.4) is 0 Å². The van der Waals surface area contributed by atoms with Crippen molar-refractivity contribution in [1.82, 2.24) is 15.0 Å². The molecule has 0 radical (unpaired) electrons. The lowest BCUT2D eigenvalue weighted by atomic mass is 10.1. The van der Waals surface area contributed by atoms with Crippen molar-refractivity contribution in [2.75, 3.05) is 18.0 Å². The molecule has 5 heteroatoms. The van der Waals surface area contributed by atoms with Gasteiger partial charge >= 0.3 is 0 Å². The average Bonchev–Trinajstić information content (AvgIpc) is 3.09. The average molecular weight is 322 g/mol. The molecule has 1 aromatic carbocycles. The Labute approximate surface area is 140 Å². The van der Waals surface area contributed by atoms with Crippen LogP contribution in [0.2, 0.25) is 0 Å². The summed E-state index contributed by atoms with van der Waals surface area (Å²) in [4.78, 5) is 14.7. The molecule has 1 fully saturated rings. The first-order valence-corrected chi connectivity index (χ1v) is 8.32. The molecule has 4 nitrogen and oxygen atoms in total. The second-order valence-electron chi connectivity index (χ2n) is 6.07. The molecule has 0 bridgehead atoms. The van der Waals surface area contributed by atoms with Crippen molar-refractivity contribution in [3.05, 3.63) is 54.6 Å². The standard InChI is InChI=1S/C19H19FN4/c20-16-6-4-14(5-7-16)17-18(15-8-10-21-11-9-15)23-19(22-17)24-12-2-1-3-13-24/h4-11H,1-3,12-13H2,(H,22,23). The van der Waals surface area contributed by atoms with Crippen LogP contribution < -0.4 is 4.90 Å². The number of nitrogens with one attached hydrogen (secondary N) is 1. The number of aromatic amines is 1. The van der Waals surface area contributed by atoms with Crippen LogP contribution in [0.1, 0.15) is 19.3 Å². The van der Waals surface area contributed by atoms with Gasteiger partial charge in [-0.25, -0.2) is 9.37 Å². The normalized spacial score (nSPS) is 14.8. The van der Waals surface area contributed by atoms with E-state index in [-0.39, 0.29) is 5.82 Å². The number of benzene rings is 1. The van der Waals surface area contributed by atoms with Crippen molar-refractivity contribution >= 4 is 5.95 Å². The lowest BCUT2D eigenvalue weighted by Crippen LogP contribution is -2.30. The fraction of sp³-hybridized carbons (Fsp3) is 0.263. The van der Waals surface area contributed by atoms with Crippen LogP contribution in [-0.4, -0.2) is 28.0 Å². The van der Waals surface area contributed by atoms with Gasteiger partial charge < -0.3 is 9.88 Å². The van der Waals surface area contributed by atoms with Crippen LogP contribution >= 0.6 is 0 Å². The molecule has 2 aromatic heterocycles. The minimum atomic E-state index is -0.236. The smallest absolute Gasteiger partial charge is 0.203 e. The highest BCUT2D eigenvalue weighted by Gasteiger charge is 2.19. The van der Waals surface area contributed by atoms with E-state index in [0.717, 1.165) is 41.6 Å². The molecule has 3 aromatic rings. The maximum atomic E-state index is 13.3. The zero-order valence-electron chi connectivity index (χ0n) is 13.4. The number of hydrogen-bond acceptors (Lipinski definition) is 3. The Hall–Kier alpha value is -2.69. The van der Waals surface area contributed by atoms with Gasteiger partial charge in [0.15, 0.2) is 0 Å². The van der Waals surface area contributed by atoms with Gasteiger partial charge in [0, 0.05) is 36.6 Å². The van der Waals surface area contributed by atoms with E-state index in [1.165, 1.54) is 31.4 Å². The van der Waals surface area contributed by atoms with Crippen LogP contribution in [0, 0.1) is 5.82 Å². The summed E-state index contributed by atoms with van der Waals surface area (Å²) in [6.07, 6.45) is 7.19. The number of aromatic nitrogens is 3. The summed E-state index contributed by atoms with van der Waals surface area (Å²) in [5.74, 6) is 0.654. The molecule has 0 aliphatic carbocycles. The number of piperidine rings is 1. The molecule has 1 aliphatic heterocycles. The van der Waals surface area contributed by atoms with E-state index in [1.807, 2.05) is 12.1 Å². The van der Waals surface area contributed by atoms with Gasteiger partial charge in [-0.3, -0.25) is 4.98 Å². The van der Waals surface area contributed by atoms with Gasteiger partial charge in [0.05, 0.1) is 11.4 Å². The summed E-state index contributed by atoms with van der Waals surface area (Å²) >= 11 is 0. The fourth-order valence-electron chi connectivity index (χ4n) is 3.16. The summed E-state index contributed by atoms with van der Waals surface area (Å²) in [5.41, 5.74) is 3.73. The van der Waals surface area contributed by atoms with Crippen LogP contribution in [0.4, 0.5) is 10.3 Å². The van der Waals surface area contributed by atoms with Gasteiger partial charge in [0.2, 0.25) is 5.95 Å². The predicted molar refractivity (Wildman–Crippen MR) is 93.3 cm³/mol. The summed E-state index contributed by atoms with van der Waals surface area (Å²) in [6, 6.07) is 10.4. The zero-order valence-corrected chi connectivity index (χ0v) is 13.4. The number of imidazole rings is 1. The van der Waals surface area contributed by atoms with Gasteiger partial charge in [0.25, 0.3) is 0 Å². The van der Waals surface area contributed by atoms with E-state index < -0.39 is 0 Å². The van der Waals surface area contributed by atoms with E-state index >= 15 is 0 Å². The Bertz CT molecular complexity index is 805. The number of pyridine rings is 1. The Morgan fingerprint density at radius 3 is 2.29 bits per heavy atom. The van der Waals surface area contributed by atoms with Crippen molar-refractivity contribution in [1.29, 1.82) is 0 Å². The van der Waals surface area contributed by atoms with Crippen molar-refractivity contribution in [2.24, 2.45) is 0 Å². The van der Waals surface area contributed by atoms with Gasteiger partial charge in [-0.05, 0) is 55.7 Å². The minimum absolute atomic E-state index is 0.236. The molecule has 0 spiro atoms. The van der Waals surface area contributed by atoms with Gasteiger partial charge in [0.1, 0.15) is 5.82 Å². The van der Waals surface area contributed by atoms with E-state index in [4.69, 9.17) is 4.98 Å². The molecule has 0 saturated carbocycles. The first-order valence-electron chi connectivity index (χ1n) is 8.32. The fourth-order valence-corrected chi connectivity index (χ4v) is 3.16. The number of H-pyrrole nitrogens is 1. The second-order valence-corrected chi connectivity index (χ2v) is 6.07. The number of rotatable bonds is 3. The van der Waals surface area contributed by atoms with E-state index in [0.29, 0.717) is 0 Å². The van der Waals surface area contributed by atoms with Crippen molar-refractivity contribution in [2.45, 2.75) is 19.3 Å². The summed E-state index contributed by atoms with van der Waals surface area (Å²) < 4.78 is 13.3. The van der Waals surface area contributed by atoms with E-state index in [1.54, 1.807) is 24.5 Å². The van der Waals surface area contributed by atoms with E-state index in [9.17, 15) is 4.39 Å². The molecule has 3 heterocycles. The number of anilines is 1. The Kier molecular flexibility index (Phi) is 3.99. The molecule has 1 saturated heterocycles. The van der Waals surface area contributed by atoms with Crippen molar-refractivity contribution in [3.63, 3.8) is 0 Å². The lowest BCUT2D eigenvalue weighted by molar-refractivity contribution is 0.570. The quantitative estimate of drug-likeness (QED) is 0.783. The molecule has 122 valence electrons. The van der Waals surface area contributed by atoms with Crippen molar-refractivity contribution < 1.29 is 4.39 Å². The maximum Gasteiger partial charge on any atom is 0.203 e. The van der Waals surface area contributed by atoms with Crippen LogP contribution in [-0.2, 0) is 0 Å². The second kappa shape index (κ2) is 6.43. The van der Waals surface area contributed by atoms with Gasteiger partial charge in [-0.15, -0.1) is 0 Å². The number of nitrogens with zero attached hydrogens (tertiary/aromatic N) is 3. The Morgan fingerprint density at radius 1 is 0.875 bits per heavy atom. The molecular formula is C19H19FN4. The third-order valence-corrected chi connectivity index (χ3v) is 4.43. The first kappa shape index (κ1) is 14.9. The molecule has 0 unspecified atom stereocenters. The highest BCUT2D eigenvalue weighted by Crippen LogP contribution is 2.33.